The highest BCUT2D eigenvalue weighted by atomic mass is 19.4. The predicted molar refractivity (Wildman–Crippen MR) is 93.0 cm³/mol. The minimum Gasteiger partial charge on any atom is -0.378 e. The van der Waals surface area contributed by atoms with Gasteiger partial charge in [-0.1, -0.05) is 18.2 Å². The van der Waals surface area contributed by atoms with E-state index in [0.29, 0.717) is 32.3 Å². The average molecular weight is 358 g/mol. The van der Waals surface area contributed by atoms with Crippen molar-refractivity contribution >= 4 is 11.6 Å². The van der Waals surface area contributed by atoms with Crippen molar-refractivity contribution in [3.8, 4) is 0 Å². The van der Waals surface area contributed by atoms with Gasteiger partial charge in [-0.15, -0.1) is 0 Å². The lowest BCUT2D eigenvalue weighted by Gasteiger charge is -2.30. The zero-order valence-electron chi connectivity index (χ0n) is 14.4. The maximum absolute atomic E-state index is 12.3. The Balaban J connectivity index is 2.01. The van der Waals surface area contributed by atoms with Gasteiger partial charge in [0.05, 0.1) is 26.2 Å². The van der Waals surface area contributed by atoms with Crippen molar-refractivity contribution in [2.24, 2.45) is 4.99 Å². The first kappa shape index (κ1) is 19.4. The van der Waals surface area contributed by atoms with E-state index in [9.17, 15) is 13.2 Å². The Morgan fingerprint density at radius 2 is 1.92 bits per heavy atom. The summed E-state index contributed by atoms with van der Waals surface area (Å²) in [5.41, 5.74) is 2.14. The number of para-hydroxylation sites is 1. The topological polar surface area (TPSA) is 48.9 Å². The van der Waals surface area contributed by atoms with Crippen molar-refractivity contribution < 1.29 is 17.9 Å². The first-order valence-corrected chi connectivity index (χ1v) is 8.49. The quantitative estimate of drug-likeness (QED) is 0.606. The van der Waals surface area contributed by atoms with E-state index in [1.807, 2.05) is 31.2 Å². The van der Waals surface area contributed by atoms with Crippen molar-refractivity contribution in [1.82, 2.24) is 10.6 Å². The number of nitrogens with zero attached hydrogens (tertiary/aromatic N) is 2. The number of alkyl halides is 3. The number of hydrogen-bond donors (Lipinski definition) is 2. The summed E-state index contributed by atoms with van der Waals surface area (Å²) in [5.74, 6) is 0.392. The van der Waals surface area contributed by atoms with E-state index in [1.165, 1.54) is 0 Å². The number of rotatable bonds is 6. The zero-order chi connectivity index (χ0) is 18.1. The summed E-state index contributed by atoms with van der Waals surface area (Å²) in [6.07, 6.45) is -5.06. The van der Waals surface area contributed by atoms with Crippen molar-refractivity contribution in [3.63, 3.8) is 0 Å². The van der Waals surface area contributed by atoms with Crippen molar-refractivity contribution in [2.75, 3.05) is 44.3 Å². The van der Waals surface area contributed by atoms with Crippen LogP contribution in [0.15, 0.2) is 29.3 Å². The highest BCUT2D eigenvalue weighted by Gasteiger charge is 2.26. The Morgan fingerprint density at radius 1 is 1.20 bits per heavy atom. The SMILES string of the molecule is CCNC(=NCc1ccccc1N1CCOCC1)NCCC(F)(F)F. The highest BCUT2D eigenvalue weighted by Crippen LogP contribution is 2.22. The van der Waals surface area contributed by atoms with Crippen molar-refractivity contribution in [3.05, 3.63) is 29.8 Å². The molecular formula is C17H25F3N4O. The summed E-state index contributed by atoms with van der Waals surface area (Å²) in [6, 6.07) is 7.96. The molecule has 0 aromatic heterocycles. The molecule has 0 saturated carbocycles. The van der Waals surface area contributed by atoms with Gasteiger partial charge in [-0.3, -0.25) is 0 Å². The van der Waals surface area contributed by atoms with Gasteiger partial charge in [-0.25, -0.2) is 4.99 Å². The highest BCUT2D eigenvalue weighted by molar-refractivity contribution is 5.79. The van der Waals surface area contributed by atoms with Crippen LogP contribution in [-0.2, 0) is 11.3 Å². The number of anilines is 1. The first-order valence-electron chi connectivity index (χ1n) is 8.49. The number of ether oxygens (including phenoxy) is 1. The van der Waals surface area contributed by atoms with Crippen LogP contribution in [0.5, 0.6) is 0 Å². The Labute approximate surface area is 146 Å². The summed E-state index contributed by atoms with van der Waals surface area (Å²) >= 11 is 0. The van der Waals surface area contributed by atoms with Crippen LogP contribution in [-0.4, -0.2) is 51.5 Å². The van der Waals surface area contributed by atoms with E-state index in [4.69, 9.17) is 4.74 Å². The minimum absolute atomic E-state index is 0.194. The standard InChI is InChI=1S/C17H25F3N4O/c1-2-21-16(22-8-7-17(18,19)20)23-13-14-5-3-4-6-15(14)24-9-11-25-12-10-24/h3-6H,2,7-13H2,1H3,(H2,21,22,23). The Morgan fingerprint density at radius 3 is 2.60 bits per heavy atom. The molecule has 1 fully saturated rings. The van der Waals surface area contributed by atoms with Gasteiger partial charge in [0, 0.05) is 31.9 Å². The molecule has 1 heterocycles. The maximum atomic E-state index is 12.3. The molecule has 1 aliphatic rings. The Hall–Kier alpha value is -1.96. The number of benzene rings is 1. The smallest absolute Gasteiger partial charge is 0.378 e. The normalized spacial score (nSPS) is 16.0. The summed E-state index contributed by atoms with van der Waals surface area (Å²) in [6.45, 7) is 5.70. The first-order chi connectivity index (χ1) is 12.0. The van der Waals surface area contributed by atoms with Gasteiger partial charge in [0.1, 0.15) is 0 Å². The fraction of sp³-hybridized carbons (Fsp3) is 0.588. The van der Waals surface area contributed by atoms with E-state index in [2.05, 4.69) is 20.5 Å². The van der Waals surface area contributed by atoms with Crippen LogP contribution in [0, 0.1) is 0 Å². The van der Waals surface area contributed by atoms with Crippen LogP contribution < -0.4 is 15.5 Å². The van der Waals surface area contributed by atoms with Gasteiger partial charge in [0.15, 0.2) is 5.96 Å². The molecule has 2 N–H and O–H groups in total. The summed E-state index contributed by atoms with van der Waals surface area (Å²) < 4.78 is 42.2. The maximum Gasteiger partial charge on any atom is 0.390 e. The summed E-state index contributed by atoms with van der Waals surface area (Å²) in [7, 11) is 0. The second kappa shape index (κ2) is 9.50. The van der Waals surface area contributed by atoms with E-state index >= 15 is 0 Å². The van der Waals surface area contributed by atoms with Crippen LogP contribution >= 0.6 is 0 Å². The van der Waals surface area contributed by atoms with Gasteiger partial charge in [0.25, 0.3) is 0 Å². The van der Waals surface area contributed by atoms with Crippen LogP contribution in [0.2, 0.25) is 0 Å². The van der Waals surface area contributed by atoms with E-state index < -0.39 is 12.6 Å². The number of morpholine rings is 1. The molecule has 0 aliphatic carbocycles. The van der Waals surface area contributed by atoms with E-state index in [0.717, 1.165) is 24.3 Å². The monoisotopic (exact) mass is 358 g/mol. The molecule has 0 atom stereocenters. The molecule has 1 saturated heterocycles. The number of guanidine groups is 1. The molecule has 5 nitrogen and oxygen atoms in total. The number of nitrogens with one attached hydrogen (secondary N) is 2. The molecule has 2 rings (SSSR count). The fourth-order valence-corrected chi connectivity index (χ4v) is 2.59. The second-order valence-corrected chi connectivity index (χ2v) is 5.72. The number of halogens is 3. The molecule has 0 unspecified atom stereocenters. The van der Waals surface area contributed by atoms with Crippen molar-refractivity contribution in [2.45, 2.75) is 26.1 Å². The third-order valence-corrected chi connectivity index (χ3v) is 3.80. The van der Waals surface area contributed by atoms with Gasteiger partial charge in [-0.05, 0) is 18.6 Å². The third kappa shape index (κ3) is 6.81. The third-order valence-electron chi connectivity index (χ3n) is 3.80. The number of hydrogen-bond acceptors (Lipinski definition) is 3. The van der Waals surface area contributed by atoms with Crippen molar-refractivity contribution in [1.29, 1.82) is 0 Å². The molecule has 1 aromatic rings. The van der Waals surface area contributed by atoms with Gasteiger partial charge in [-0.2, -0.15) is 13.2 Å². The molecule has 0 bridgehead atoms. The molecule has 140 valence electrons. The van der Waals surface area contributed by atoms with E-state index in [-0.39, 0.29) is 6.54 Å². The second-order valence-electron chi connectivity index (χ2n) is 5.72. The predicted octanol–water partition coefficient (Wildman–Crippen LogP) is 2.53. The average Bonchev–Trinajstić information content (AvgIpc) is 2.59. The molecule has 1 aromatic carbocycles. The largest absolute Gasteiger partial charge is 0.390 e. The number of aliphatic imine (C=N–C) groups is 1. The lowest BCUT2D eigenvalue weighted by Crippen LogP contribution is -2.39. The van der Waals surface area contributed by atoms with Crippen LogP contribution in [0.25, 0.3) is 0 Å². The van der Waals surface area contributed by atoms with Gasteiger partial charge < -0.3 is 20.3 Å². The van der Waals surface area contributed by atoms with Crippen LogP contribution in [0.3, 0.4) is 0 Å². The van der Waals surface area contributed by atoms with Crippen LogP contribution in [0.4, 0.5) is 18.9 Å². The van der Waals surface area contributed by atoms with Gasteiger partial charge >= 0.3 is 6.18 Å². The Bertz CT molecular complexity index is 557. The Kier molecular flexibility index (Phi) is 7.36. The molecule has 1 aliphatic heterocycles. The molecule has 0 radical (unpaired) electrons. The fourth-order valence-electron chi connectivity index (χ4n) is 2.59. The lowest BCUT2D eigenvalue weighted by molar-refractivity contribution is -0.132. The summed E-state index contributed by atoms with van der Waals surface area (Å²) in [5, 5.41) is 5.71. The molecule has 0 amide bonds. The van der Waals surface area contributed by atoms with Gasteiger partial charge in [0.2, 0.25) is 0 Å². The van der Waals surface area contributed by atoms with E-state index in [1.54, 1.807) is 0 Å². The molecule has 0 spiro atoms. The summed E-state index contributed by atoms with van der Waals surface area (Å²) in [4.78, 5) is 6.68. The lowest BCUT2D eigenvalue weighted by atomic mass is 10.1. The zero-order valence-corrected chi connectivity index (χ0v) is 14.4. The molecule has 8 heteroatoms. The minimum atomic E-state index is -4.17. The molecular weight excluding hydrogens is 333 g/mol. The van der Waals surface area contributed by atoms with Crippen LogP contribution in [0.1, 0.15) is 18.9 Å². The molecule has 25 heavy (non-hydrogen) atoms.